The molecule has 0 saturated carbocycles. The highest BCUT2D eigenvalue weighted by Gasteiger charge is 2.28. The van der Waals surface area contributed by atoms with E-state index in [1.54, 1.807) is 13.3 Å². The van der Waals surface area contributed by atoms with Crippen molar-refractivity contribution in [3.8, 4) is 0 Å². The Kier molecular flexibility index (Phi) is 2.89. The average Bonchev–Trinajstić information content (AvgIpc) is 2.17. The summed E-state index contributed by atoms with van der Waals surface area (Å²) in [6.45, 7) is 1.83. The summed E-state index contributed by atoms with van der Waals surface area (Å²) in [5.41, 5.74) is 1.09. The zero-order valence-electron chi connectivity index (χ0n) is 8.11. The lowest BCUT2D eigenvalue weighted by Crippen LogP contribution is -2.52. The first-order valence-electron chi connectivity index (χ1n) is 4.62. The molecule has 1 aromatic rings. The largest absolute Gasteiger partial charge is 0.378 e. The number of methoxy groups -OCH3 is 1. The molecule has 0 spiro atoms. The highest BCUT2D eigenvalue weighted by Crippen LogP contribution is 2.24. The van der Waals surface area contributed by atoms with Crippen molar-refractivity contribution >= 4 is 17.4 Å². The van der Waals surface area contributed by atoms with E-state index in [0.29, 0.717) is 12.0 Å². The molecule has 14 heavy (non-hydrogen) atoms. The summed E-state index contributed by atoms with van der Waals surface area (Å²) in [4.78, 5) is 6.51. The summed E-state index contributed by atoms with van der Waals surface area (Å²) in [6, 6.07) is 3.92. The van der Waals surface area contributed by atoms with Gasteiger partial charge < -0.3 is 9.64 Å². The van der Waals surface area contributed by atoms with Crippen LogP contribution >= 0.6 is 11.6 Å². The summed E-state index contributed by atoms with van der Waals surface area (Å²) in [5, 5.41) is 0. The molecule has 4 heteroatoms. The van der Waals surface area contributed by atoms with Crippen LogP contribution < -0.4 is 4.90 Å². The second-order valence-corrected chi connectivity index (χ2v) is 3.65. The van der Waals surface area contributed by atoms with Crippen molar-refractivity contribution in [3.05, 3.63) is 23.9 Å². The zero-order chi connectivity index (χ0) is 9.97. The Bertz CT molecular complexity index is 313. The van der Waals surface area contributed by atoms with Gasteiger partial charge in [-0.05, 0) is 6.07 Å². The third-order valence-electron chi connectivity index (χ3n) is 2.49. The number of anilines is 1. The van der Waals surface area contributed by atoms with Gasteiger partial charge in [-0.25, -0.2) is 4.98 Å². The van der Waals surface area contributed by atoms with Gasteiger partial charge in [0.15, 0.2) is 0 Å². The quantitative estimate of drug-likeness (QED) is 0.713. The molecule has 76 valence electrons. The smallest absolute Gasteiger partial charge is 0.133 e. The third-order valence-corrected chi connectivity index (χ3v) is 2.78. The van der Waals surface area contributed by atoms with Crippen LogP contribution in [0, 0.1) is 0 Å². The summed E-state index contributed by atoms with van der Waals surface area (Å²) >= 11 is 5.83. The molecule has 1 aromatic heterocycles. The summed E-state index contributed by atoms with van der Waals surface area (Å²) in [5.74, 6) is 1.51. The molecule has 0 N–H and O–H groups in total. The zero-order valence-corrected chi connectivity index (χ0v) is 8.87. The van der Waals surface area contributed by atoms with Crippen LogP contribution in [0.25, 0.3) is 0 Å². The van der Waals surface area contributed by atoms with Crippen molar-refractivity contribution in [2.75, 3.05) is 25.1 Å². The van der Waals surface area contributed by atoms with Crippen LogP contribution in [0.1, 0.15) is 5.56 Å². The number of nitrogens with zero attached hydrogens (tertiary/aromatic N) is 2. The molecule has 1 aliphatic heterocycles. The Morgan fingerprint density at radius 1 is 1.64 bits per heavy atom. The molecule has 1 saturated heterocycles. The predicted octanol–water partition coefficient (Wildman–Crippen LogP) is 1.66. The molecule has 0 atom stereocenters. The molecule has 2 heterocycles. The number of halogens is 1. The van der Waals surface area contributed by atoms with Crippen molar-refractivity contribution in [2.24, 2.45) is 0 Å². The maximum Gasteiger partial charge on any atom is 0.133 e. The van der Waals surface area contributed by atoms with Gasteiger partial charge in [-0.15, -0.1) is 11.6 Å². The fourth-order valence-electron chi connectivity index (χ4n) is 1.58. The number of rotatable bonds is 3. The second-order valence-electron chi connectivity index (χ2n) is 3.38. The number of alkyl halides is 1. The highest BCUT2D eigenvalue weighted by molar-refractivity contribution is 6.17. The Labute approximate surface area is 88.6 Å². The topological polar surface area (TPSA) is 25.4 Å². The lowest BCUT2D eigenvalue weighted by molar-refractivity contribution is 0.0782. The van der Waals surface area contributed by atoms with Crippen LogP contribution in [0.3, 0.4) is 0 Å². The SMILES string of the molecule is COC1CN(c2ncccc2CCl)C1. The first kappa shape index (κ1) is 9.74. The van der Waals surface area contributed by atoms with Gasteiger partial charge in [0.05, 0.1) is 12.0 Å². The molecule has 0 unspecified atom stereocenters. The molecule has 3 nitrogen and oxygen atoms in total. The van der Waals surface area contributed by atoms with Gasteiger partial charge >= 0.3 is 0 Å². The van der Waals surface area contributed by atoms with E-state index in [4.69, 9.17) is 16.3 Å². The van der Waals surface area contributed by atoms with E-state index in [9.17, 15) is 0 Å². The van der Waals surface area contributed by atoms with Gasteiger partial charge in [-0.3, -0.25) is 0 Å². The minimum absolute atomic E-state index is 0.347. The van der Waals surface area contributed by atoms with E-state index in [2.05, 4.69) is 9.88 Å². The normalized spacial score (nSPS) is 16.9. The third kappa shape index (κ3) is 1.70. The van der Waals surface area contributed by atoms with E-state index < -0.39 is 0 Å². The fourth-order valence-corrected chi connectivity index (χ4v) is 1.79. The van der Waals surface area contributed by atoms with Crippen molar-refractivity contribution in [1.29, 1.82) is 0 Å². The number of aromatic nitrogens is 1. The van der Waals surface area contributed by atoms with Crippen molar-refractivity contribution in [2.45, 2.75) is 12.0 Å². The van der Waals surface area contributed by atoms with Gasteiger partial charge in [-0.2, -0.15) is 0 Å². The van der Waals surface area contributed by atoms with E-state index in [-0.39, 0.29) is 0 Å². The Hall–Kier alpha value is -0.800. The molecule has 0 bridgehead atoms. The molecule has 0 aliphatic carbocycles. The van der Waals surface area contributed by atoms with Crippen LogP contribution in [0.15, 0.2) is 18.3 Å². The predicted molar refractivity (Wildman–Crippen MR) is 56.8 cm³/mol. The Morgan fingerprint density at radius 3 is 3.07 bits per heavy atom. The van der Waals surface area contributed by atoms with Crippen LogP contribution in [0.4, 0.5) is 5.82 Å². The van der Waals surface area contributed by atoms with E-state index in [1.807, 2.05) is 12.1 Å². The van der Waals surface area contributed by atoms with Crippen LogP contribution in [0.5, 0.6) is 0 Å². The molecule has 1 aliphatic rings. The van der Waals surface area contributed by atoms with Gasteiger partial charge in [0.25, 0.3) is 0 Å². The van der Waals surface area contributed by atoms with Crippen LogP contribution in [-0.2, 0) is 10.6 Å². The minimum Gasteiger partial charge on any atom is -0.378 e. The molecule has 1 fully saturated rings. The summed E-state index contributed by atoms with van der Waals surface area (Å²) in [6.07, 6.45) is 2.14. The van der Waals surface area contributed by atoms with Gasteiger partial charge in [0.1, 0.15) is 5.82 Å². The number of hydrogen-bond acceptors (Lipinski definition) is 3. The van der Waals surface area contributed by atoms with E-state index >= 15 is 0 Å². The highest BCUT2D eigenvalue weighted by atomic mass is 35.5. The number of ether oxygens (including phenoxy) is 1. The minimum atomic E-state index is 0.347. The van der Waals surface area contributed by atoms with Gasteiger partial charge in [-0.1, -0.05) is 6.07 Å². The molecule has 0 radical (unpaired) electrons. The molecular weight excluding hydrogens is 200 g/mol. The van der Waals surface area contributed by atoms with E-state index in [0.717, 1.165) is 24.5 Å². The summed E-state index contributed by atoms with van der Waals surface area (Å²) < 4.78 is 5.21. The first-order valence-corrected chi connectivity index (χ1v) is 5.16. The second kappa shape index (κ2) is 4.15. The van der Waals surface area contributed by atoms with Gasteiger partial charge in [0, 0.05) is 32.0 Å². The number of hydrogen-bond donors (Lipinski definition) is 0. The van der Waals surface area contributed by atoms with Crippen LogP contribution in [-0.4, -0.2) is 31.3 Å². The fraction of sp³-hybridized carbons (Fsp3) is 0.500. The van der Waals surface area contributed by atoms with Crippen molar-refractivity contribution in [3.63, 3.8) is 0 Å². The number of pyridine rings is 1. The maximum absolute atomic E-state index is 5.83. The monoisotopic (exact) mass is 212 g/mol. The molecule has 0 aromatic carbocycles. The van der Waals surface area contributed by atoms with Crippen LogP contribution in [0.2, 0.25) is 0 Å². The van der Waals surface area contributed by atoms with E-state index in [1.165, 1.54) is 0 Å². The van der Waals surface area contributed by atoms with Crippen molar-refractivity contribution in [1.82, 2.24) is 4.98 Å². The lowest BCUT2D eigenvalue weighted by Gasteiger charge is -2.39. The molecule has 0 amide bonds. The average molecular weight is 213 g/mol. The standard InChI is InChI=1S/C10H13ClN2O/c1-14-9-6-13(7-9)10-8(5-11)3-2-4-12-10/h2-4,9H,5-7H2,1H3. The Morgan fingerprint density at radius 2 is 2.43 bits per heavy atom. The molecule has 2 rings (SSSR count). The van der Waals surface area contributed by atoms with Gasteiger partial charge in [0.2, 0.25) is 0 Å². The summed E-state index contributed by atoms with van der Waals surface area (Å²) in [7, 11) is 1.74. The maximum atomic E-state index is 5.83. The Balaban J connectivity index is 2.10. The lowest BCUT2D eigenvalue weighted by atomic mass is 10.1. The first-order chi connectivity index (χ1) is 6.85. The molecular formula is C10H13ClN2O. The van der Waals surface area contributed by atoms with Crippen molar-refractivity contribution < 1.29 is 4.74 Å².